The molecule has 2 aliphatic rings. The number of rotatable bonds is 5. The van der Waals surface area contributed by atoms with Crippen LogP contribution in [0.25, 0.3) is 5.70 Å². The largest absolute Gasteiger partial charge is 0.481 e. The Bertz CT molecular complexity index is 1090. The van der Waals surface area contributed by atoms with Gasteiger partial charge in [0, 0.05) is 37.0 Å². The first-order chi connectivity index (χ1) is 14.9. The summed E-state index contributed by atoms with van der Waals surface area (Å²) in [5, 5.41) is 12.0. The number of nitrogens with zero attached hydrogens (tertiary/aromatic N) is 3. The number of aryl methyl sites for hydroxylation is 1. The number of aromatic nitrogens is 1. The molecular weight excluding hydrogens is 399 g/mol. The predicted octanol–water partition coefficient (Wildman–Crippen LogP) is 3.65. The smallest absolute Gasteiger partial charge is 0.306 e. The minimum Gasteiger partial charge on any atom is -0.481 e. The first kappa shape index (κ1) is 20.7. The minimum absolute atomic E-state index is 0.288. The highest BCUT2D eigenvalue weighted by molar-refractivity contribution is 6.45. The number of carbonyl (C=O) groups excluding carboxylic acids is 1. The van der Waals surface area contributed by atoms with Crippen LogP contribution in [0.15, 0.2) is 47.6 Å². The number of hydrogen-bond acceptors (Lipinski definition) is 5. The van der Waals surface area contributed by atoms with E-state index in [0.717, 1.165) is 11.3 Å². The number of anilines is 2. The normalized spacial score (nSPS) is 16.6. The maximum atomic E-state index is 14.7. The standard InChI is InChI=1S/C23H23FN4O3/c1-14-13-16(7-10-25-14)18-5-6-20(26-18)22(29)27-19-4-2-3-17(24)21(19)28-11-8-15(9-12-28)23(30)31/h2-5,7,10,13,15H,6,8-9,11-12H2,1H3,(H,27,29)(H,30,31). The number of nitrogens with one attached hydrogen (secondary N) is 1. The number of aliphatic imine (C=N–C) groups is 1. The van der Waals surface area contributed by atoms with Gasteiger partial charge in [-0.15, -0.1) is 0 Å². The van der Waals surface area contributed by atoms with Crippen LogP contribution in [-0.4, -0.2) is 40.8 Å². The third-order valence-electron chi connectivity index (χ3n) is 5.59. The van der Waals surface area contributed by atoms with Gasteiger partial charge < -0.3 is 15.3 Å². The van der Waals surface area contributed by atoms with Gasteiger partial charge in [0.15, 0.2) is 0 Å². The van der Waals surface area contributed by atoms with Gasteiger partial charge in [0.2, 0.25) is 0 Å². The van der Waals surface area contributed by atoms with E-state index in [2.05, 4.69) is 15.3 Å². The van der Waals surface area contributed by atoms with Crippen molar-refractivity contribution in [3.05, 3.63) is 59.7 Å². The molecule has 3 heterocycles. The molecule has 1 aromatic heterocycles. The molecule has 1 amide bonds. The van der Waals surface area contributed by atoms with Crippen LogP contribution in [0.3, 0.4) is 0 Å². The number of carbonyl (C=O) groups is 2. The average molecular weight is 422 g/mol. The van der Waals surface area contributed by atoms with Gasteiger partial charge in [-0.25, -0.2) is 9.38 Å². The summed E-state index contributed by atoms with van der Waals surface area (Å²) in [6, 6.07) is 8.27. The topological polar surface area (TPSA) is 94.9 Å². The molecule has 1 fully saturated rings. The van der Waals surface area contributed by atoms with Gasteiger partial charge >= 0.3 is 5.97 Å². The summed E-state index contributed by atoms with van der Waals surface area (Å²) in [4.78, 5) is 34.5. The fourth-order valence-corrected chi connectivity index (χ4v) is 3.94. The van der Waals surface area contributed by atoms with E-state index in [9.17, 15) is 19.1 Å². The molecule has 0 atom stereocenters. The zero-order valence-electron chi connectivity index (χ0n) is 17.1. The Labute approximate surface area is 179 Å². The number of hydrogen-bond donors (Lipinski definition) is 2. The number of amides is 1. The van der Waals surface area contributed by atoms with Gasteiger partial charge in [0.25, 0.3) is 5.91 Å². The fraction of sp³-hybridized carbons (Fsp3) is 0.304. The molecule has 31 heavy (non-hydrogen) atoms. The maximum absolute atomic E-state index is 14.7. The molecular formula is C23H23FN4O3. The van der Waals surface area contributed by atoms with Crippen molar-refractivity contribution in [1.82, 2.24) is 4.98 Å². The molecule has 4 rings (SSSR count). The molecule has 2 aromatic rings. The van der Waals surface area contributed by atoms with Crippen molar-refractivity contribution >= 4 is 34.7 Å². The minimum atomic E-state index is -0.825. The second-order valence-corrected chi connectivity index (χ2v) is 7.73. The SMILES string of the molecule is Cc1cc(C2=CCC(C(=O)Nc3cccc(F)c3N3CCC(C(=O)O)CC3)=N2)ccn1. The van der Waals surface area contributed by atoms with Gasteiger partial charge in [-0.05, 0) is 44.0 Å². The van der Waals surface area contributed by atoms with Crippen molar-refractivity contribution in [2.75, 3.05) is 23.3 Å². The van der Waals surface area contributed by atoms with E-state index < -0.39 is 17.7 Å². The number of pyridine rings is 1. The number of carboxylic acid groups (broad SMARTS) is 1. The Balaban J connectivity index is 1.50. The fourth-order valence-electron chi connectivity index (χ4n) is 3.94. The van der Waals surface area contributed by atoms with Crippen molar-refractivity contribution in [3.63, 3.8) is 0 Å². The Morgan fingerprint density at radius 2 is 2.00 bits per heavy atom. The van der Waals surface area contributed by atoms with Crippen LogP contribution in [0.1, 0.15) is 30.5 Å². The van der Waals surface area contributed by atoms with Crippen LogP contribution in [0.2, 0.25) is 0 Å². The van der Waals surface area contributed by atoms with E-state index in [0.29, 0.717) is 49.4 Å². The molecule has 7 nitrogen and oxygen atoms in total. The summed E-state index contributed by atoms with van der Waals surface area (Å²) >= 11 is 0. The van der Waals surface area contributed by atoms with E-state index in [-0.39, 0.29) is 11.6 Å². The maximum Gasteiger partial charge on any atom is 0.306 e. The predicted molar refractivity (Wildman–Crippen MR) is 117 cm³/mol. The van der Waals surface area contributed by atoms with Crippen molar-refractivity contribution in [3.8, 4) is 0 Å². The molecule has 0 spiro atoms. The van der Waals surface area contributed by atoms with E-state index in [1.807, 2.05) is 25.1 Å². The van der Waals surface area contributed by atoms with Crippen LogP contribution < -0.4 is 10.2 Å². The molecule has 0 saturated carbocycles. The number of piperidine rings is 1. The Morgan fingerprint density at radius 3 is 2.71 bits per heavy atom. The molecule has 2 aliphatic heterocycles. The second kappa shape index (κ2) is 8.67. The Morgan fingerprint density at radius 1 is 1.23 bits per heavy atom. The zero-order valence-corrected chi connectivity index (χ0v) is 17.1. The van der Waals surface area contributed by atoms with Gasteiger partial charge in [0.05, 0.1) is 23.0 Å². The molecule has 8 heteroatoms. The molecule has 2 N–H and O–H groups in total. The third kappa shape index (κ3) is 4.47. The lowest BCUT2D eigenvalue weighted by Crippen LogP contribution is -2.37. The van der Waals surface area contributed by atoms with Gasteiger partial charge in [-0.2, -0.15) is 0 Å². The lowest BCUT2D eigenvalue weighted by Gasteiger charge is -2.33. The molecule has 0 aliphatic carbocycles. The highest BCUT2D eigenvalue weighted by atomic mass is 19.1. The molecule has 0 unspecified atom stereocenters. The van der Waals surface area contributed by atoms with Gasteiger partial charge in [-0.1, -0.05) is 12.1 Å². The summed E-state index contributed by atoms with van der Waals surface area (Å²) in [5.74, 6) is -2.08. The number of benzene rings is 1. The first-order valence-electron chi connectivity index (χ1n) is 10.2. The van der Waals surface area contributed by atoms with Crippen molar-refractivity contribution < 1.29 is 19.1 Å². The number of aliphatic carboxylic acids is 1. The quantitative estimate of drug-likeness (QED) is 0.767. The zero-order chi connectivity index (χ0) is 22.0. The number of carboxylic acids is 1. The average Bonchev–Trinajstić information content (AvgIpc) is 3.25. The van der Waals surface area contributed by atoms with Crippen molar-refractivity contribution in [2.24, 2.45) is 10.9 Å². The Kier molecular flexibility index (Phi) is 5.79. The van der Waals surface area contributed by atoms with Crippen LogP contribution in [-0.2, 0) is 9.59 Å². The monoisotopic (exact) mass is 422 g/mol. The number of halogens is 1. The molecule has 0 bridgehead atoms. The third-order valence-corrected chi connectivity index (χ3v) is 5.59. The van der Waals surface area contributed by atoms with Crippen LogP contribution >= 0.6 is 0 Å². The van der Waals surface area contributed by atoms with Crippen LogP contribution in [0.5, 0.6) is 0 Å². The van der Waals surface area contributed by atoms with Crippen LogP contribution in [0, 0.1) is 18.7 Å². The van der Waals surface area contributed by atoms with Gasteiger partial charge in [-0.3, -0.25) is 14.6 Å². The van der Waals surface area contributed by atoms with Gasteiger partial charge in [0.1, 0.15) is 11.5 Å². The highest BCUT2D eigenvalue weighted by Gasteiger charge is 2.28. The lowest BCUT2D eigenvalue weighted by atomic mass is 9.96. The molecule has 0 radical (unpaired) electrons. The van der Waals surface area contributed by atoms with Crippen LogP contribution in [0.4, 0.5) is 15.8 Å². The van der Waals surface area contributed by atoms with Crippen molar-refractivity contribution in [1.29, 1.82) is 0 Å². The Hall–Kier alpha value is -3.55. The van der Waals surface area contributed by atoms with E-state index >= 15 is 0 Å². The molecule has 1 saturated heterocycles. The van der Waals surface area contributed by atoms with E-state index in [1.54, 1.807) is 23.2 Å². The van der Waals surface area contributed by atoms with E-state index in [1.165, 1.54) is 6.07 Å². The summed E-state index contributed by atoms with van der Waals surface area (Å²) in [6.45, 7) is 2.71. The number of para-hydroxylation sites is 1. The lowest BCUT2D eigenvalue weighted by molar-refractivity contribution is -0.142. The molecule has 1 aromatic carbocycles. The summed E-state index contributed by atoms with van der Waals surface area (Å²) in [7, 11) is 0. The highest BCUT2D eigenvalue weighted by Crippen LogP contribution is 2.33. The molecule has 160 valence electrons. The van der Waals surface area contributed by atoms with Crippen molar-refractivity contribution in [2.45, 2.75) is 26.2 Å². The summed E-state index contributed by atoms with van der Waals surface area (Å²) < 4.78 is 14.7. The summed E-state index contributed by atoms with van der Waals surface area (Å²) in [6.07, 6.45) is 4.83. The first-order valence-corrected chi connectivity index (χ1v) is 10.2. The van der Waals surface area contributed by atoms with E-state index in [4.69, 9.17) is 0 Å². The summed E-state index contributed by atoms with van der Waals surface area (Å²) in [5.41, 5.74) is 3.46. The number of allylic oxidation sites excluding steroid dienone is 1. The second-order valence-electron chi connectivity index (χ2n) is 7.73.